The van der Waals surface area contributed by atoms with E-state index in [0.29, 0.717) is 0 Å². The first-order valence-electron chi connectivity index (χ1n) is 7.11. The van der Waals surface area contributed by atoms with Gasteiger partial charge in [-0.25, -0.2) is 0 Å². The Kier molecular flexibility index (Phi) is 4.38. The first-order valence-corrected chi connectivity index (χ1v) is 9.15. The van der Waals surface area contributed by atoms with Crippen molar-refractivity contribution in [2.24, 2.45) is 5.92 Å². The van der Waals surface area contributed by atoms with Gasteiger partial charge in [-0.3, -0.25) is 4.79 Å². The van der Waals surface area contributed by atoms with Crippen LogP contribution in [0.15, 0.2) is 11.4 Å². The van der Waals surface area contributed by atoms with Crippen LogP contribution in [0, 0.1) is 5.92 Å². The van der Waals surface area contributed by atoms with Crippen LogP contribution in [0.2, 0.25) is 0 Å². The fraction of sp³-hybridized carbons (Fsp3) is 0.667. The first kappa shape index (κ1) is 14.4. The number of carbonyl (C=O) groups excluding carboxylic acids is 1. The van der Waals surface area contributed by atoms with Gasteiger partial charge in [-0.2, -0.15) is 11.8 Å². The number of Topliss-reactive ketones (excluding diaryl/α,β-unsaturated/α-hetero) is 1. The Balaban J connectivity index is 1.75. The summed E-state index contributed by atoms with van der Waals surface area (Å²) in [5, 5.41) is 1.93. The molecular weight excluding hydrogens is 292 g/mol. The summed E-state index contributed by atoms with van der Waals surface area (Å²) in [7, 11) is 1.63. The minimum atomic E-state index is -0.0334. The van der Waals surface area contributed by atoms with E-state index < -0.39 is 0 Å². The van der Waals surface area contributed by atoms with Crippen LogP contribution < -0.4 is 4.74 Å². The summed E-state index contributed by atoms with van der Waals surface area (Å²) in [4.78, 5) is 13.5. The van der Waals surface area contributed by atoms with Gasteiger partial charge in [0.15, 0.2) is 5.78 Å². The van der Waals surface area contributed by atoms with Crippen molar-refractivity contribution in [3.05, 3.63) is 16.3 Å². The Morgan fingerprint density at radius 1 is 1.45 bits per heavy atom. The zero-order valence-corrected chi connectivity index (χ0v) is 13.4. The van der Waals surface area contributed by atoms with Gasteiger partial charge in [0.05, 0.1) is 12.7 Å². The molecule has 1 spiro atoms. The van der Waals surface area contributed by atoms with E-state index in [4.69, 9.17) is 9.47 Å². The number of ketones is 1. The minimum Gasteiger partial charge on any atom is -0.495 e. The van der Waals surface area contributed by atoms with Gasteiger partial charge in [0, 0.05) is 12.5 Å². The lowest BCUT2D eigenvalue weighted by Gasteiger charge is -2.42. The maximum absolute atomic E-state index is 12.7. The molecular formula is C15H20O3S2. The summed E-state index contributed by atoms with van der Waals surface area (Å²) in [6.07, 6.45) is 3.90. The molecule has 0 radical (unpaired) electrons. The SMILES string of the molecule is COc1ccsc1C(=O)C1CCOC2(CCSCC2)C1. The van der Waals surface area contributed by atoms with E-state index in [0.717, 1.165) is 54.4 Å². The standard InChI is InChI=1S/C15H20O3S2/c1-17-12-3-7-20-14(12)13(16)11-2-6-18-15(10-11)4-8-19-9-5-15/h3,7,11H,2,4-6,8-10H2,1H3. The summed E-state index contributed by atoms with van der Waals surface area (Å²) < 4.78 is 11.4. The molecule has 20 heavy (non-hydrogen) atoms. The molecule has 110 valence electrons. The Labute approximate surface area is 128 Å². The third kappa shape index (κ3) is 2.76. The molecule has 2 fully saturated rings. The fourth-order valence-corrected chi connectivity index (χ4v) is 5.28. The van der Waals surface area contributed by atoms with Crippen LogP contribution in [0.1, 0.15) is 35.4 Å². The van der Waals surface area contributed by atoms with E-state index in [1.165, 1.54) is 11.3 Å². The quantitative estimate of drug-likeness (QED) is 0.798. The molecule has 1 aromatic rings. The van der Waals surface area contributed by atoms with Crippen molar-refractivity contribution in [3.63, 3.8) is 0 Å². The first-order chi connectivity index (χ1) is 9.74. The summed E-state index contributed by atoms with van der Waals surface area (Å²) in [5.74, 6) is 3.38. The number of ether oxygens (including phenoxy) is 2. The van der Waals surface area contributed by atoms with E-state index in [2.05, 4.69) is 0 Å². The van der Waals surface area contributed by atoms with Gasteiger partial charge in [0.25, 0.3) is 0 Å². The Morgan fingerprint density at radius 2 is 2.25 bits per heavy atom. The second-order valence-corrected chi connectivity index (χ2v) is 7.66. The van der Waals surface area contributed by atoms with Gasteiger partial charge in [0.2, 0.25) is 0 Å². The van der Waals surface area contributed by atoms with Crippen molar-refractivity contribution in [3.8, 4) is 5.75 Å². The van der Waals surface area contributed by atoms with Crippen molar-refractivity contribution in [1.82, 2.24) is 0 Å². The molecule has 0 aromatic carbocycles. The van der Waals surface area contributed by atoms with Crippen molar-refractivity contribution in [2.75, 3.05) is 25.2 Å². The second kappa shape index (κ2) is 6.08. The van der Waals surface area contributed by atoms with E-state index >= 15 is 0 Å². The normalized spacial score (nSPS) is 25.6. The highest BCUT2D eigenvalue weighted by atomic mass is 32.2. The molecule has 1 aromatic heterocycles. The van der Waals surface area contributed by atoms with Gasteiger partial charge < -0.3 is 9.47 Å². The Hall–Kier alpha value is -0.520. The van der Waals surface area contributed by atoms with Crippen LogP contribution in [-0.2, 0) is 4.74 Å². The molecule has 3 nitrogen and oxygen atoms in total. The van der Waals surface area contributed by atoms with E-state index in [-0.39, 0.29) is 17.3 Å². The number of methoxy groups -OCH3 is 1. The van der Waals surface area contributed by atoms with Crippen molar-refractivity contribution >= 4 is 28.9 Å². The fourth-order valence-electron chi connectivity index (χ4n) is 3.17. The maximum atomic E-state index is 12.7. The number of thiophene rings is 1. The van der Waals surface area contributed by atoms with Crippen LogP contribution in [0.4, 0.5) is 0 Å². The summed E-state index contributed by atoms with van der Waals surface area (Å²) in [5.41, 5.74) is -0.0334. The predicted molar refractivity (Wildman–Crippen MR) is 83.2 cm³/mol. The topological polar surface area (TPSA) is 35.5 Å². The zero-order chi connectivity index (χ0) is 14.0. The molecule has 2 aliphatic rings. The molecule has 1 unspecified atom stereocenters. The Morgan fingerprint density at radius 3 is 3.00 bits per heavy atom. The van der Waals surface area contributed by atoms with Crippen LogP contribution in [0.25, 0.3) is 0 Å². The molecule has 2 saturated heterocycles. The lowest BCUT2D eigenvalue weighted by atomic mass is 9.80. The van der Waals surface area contributed by atoms with Crippen LogP contribution in [0.3, 0.4) is 0 Å². The van der Waals surface area contributed by atoms with Gasteiger partial charge in [-0.05, 0) is 48.6 Å². The van der Waals surface area contributed by atoms with E-state index in [9.17, 15) is 4.79 Å². The number of thioether (sulfide) groups is 1. The number of rotatable bonds is 3. The second-order valence-electron chi connectivity index (χ2n) is 5.52. The molecule has 0 saturated carbocycles. The highest BCUT2D eigenvalue weighted by molar-refractivity contribution is 7.99. The predicted octanol–water partition coefficient (Wildman–Crippen LogP) is 3.63. The Bertz CT molecular complexity index is 472. The van der Waals surface area contributed by atoms with E-state index in [1.807, 2.05) is 23.2 Å². The number of carbonyl (C=O) groups is 1. The third-order valence-corrected chi connectivity index (χ3v) is 6.24. The van der Waals surface area contributed by atoms with E-state index in [1.54, 1.807) is 7.11 Å². The third-order valence-electron chi connectivity index (χ3n) is 4.34. The molecule has 0 aliphatic carbocycles. The molecule has 3 heterocycles. The summed E-state index contributed by atoms with van der Waals surface area (Å²) in [6, 6.07) is 1.88. The number of hydrogen-bond acceptors (Lipinski definition) is 5. The van der Waals surface area contributed by atoms with Crippen LogP contribution in [0.5, 0.6) is 5.75 Å². The molecule has 2 aliphatic heterocycles. The van der Waals surface area contributed by atoms with Gasteiger partial charge in [0.1, 0.15) is 10.6 Å². The minimum absolute atomic E-state index is 0.0334. The van der Waals surface area contributed by atoms with Crippen molar-refractivity contribution in [1.29, 1.82) is 0 Å². The molecule has 3 rings (SSSR count). The average molecular weight is 312 g/mol. The van der Waals surface area contributed by atoms with Crippen molar-refractivity contribution in [2.45, 2.75) is 31.3 Å². The lowest BCUT2D eigenvalue weighted by molar-refractivity contribution is -0.0959. The number of hydrogen-bond donors (Lipinski definition) is 0. The van der Waals surface area contributed by atoms with Gasteiger partial charge in [-0.15, -0.1) is 11.3 Å². The highest BCUT2D eigenvalue weighted by Gasteiger charge is 2.41. The largest absolute Gasteiger partial charge is 0.495 e. The van der Waals surface area contributed by atoms with Crippen LogP contribution >= 0.6 is 23.1 Å². The average Bonchev–Trinajstić information content (AvgIpc) is 2.96. The van der Waals surface area contributed by atoms with Gasteiger partial charge >= 0.3 is 0 Å². The molecule has 1 atom stereocenters. The van der Waals surface area contributed by atoms with Crippen molar-refractivity contribution < 1.29 is 14.3 Å². The summed E-state index contributed by atoms with van der Waals surface area (Å²) in [6.45, 7) is 0.717. The highest BCUT2D eigenvalue weighted by Crippen LogP contribution is 2.41. The van der Waals surface area contributed by atoms with Crippen LogP contribution in [-0.4, -0.2) is 36.6 Å². The smallest absolute Gasteiger partial charge is 0.179 e. The molecule has 0 N–H and O–H groups in total. The summed E-state index contributed by atoms with van der Waals surface area (Å²) >= 11 is 3.48. The van der Waals surface area contributed by atoms with Gasteiger partial charge in [-0.1, -0.05) is 0 Å². The lowest BCUT2D eigenvalue weighted by Crippen LogP contribution is -2.44. The monoisotopic (exact) mass is 312 g/mol. The maximum Gasteiger partial charge on any atom is 0.179 e. The molecule has 0 amide bonds. The molecule has 5 heteroatoms. The molecule has 0 bridgehead atoms. The zero-order valence-electron chi connectivity index (χ0n) is 11.7.